The van der Waals surface area contributed by atoms with E-state index in [1.165, 1.54) is 12.8 Å². The summed E-state index contributed by atoms with van der Waals surface area (Å²) in [5.41, 5.74) is 1.74. The highest BCUT2D eigenvalue weighted by Crippen LogP contribution is 2.28. The normalized spacial score (nSPS) is 17.5. The van der Waals surface area contributed by atoms with Gasteiger partial charge in [-0.15, -0.1) is 0 Å². The summed E-state index contributed by atoms with van der Waals surface area (Å²) in [5, 5.41) is 6.89. The van der Waals surface area contributed by atoms with Gasteiger partial charge in [0.1, 0.15) is 5.67 Å². The van der Waals surface area contributed by atoms with Crippen molar-refractivity contribution in [3.63, 3.8) is 0 Å². The molecular formula is C16H25FN2. The number of rotatable bonds is 4. The second kappa shape index (κ2) is 5.91. The molecule has 1 aliphatic rings. The fraction of sp³-hybridized carbons (Fsp3) is 0.625. The summed E-state index contributed by atoms with van der Waals surface area (Å²) >= 11 is 0. The molecule has 0 atom stereocenters. The predicted molar refractivity (Wildman–Crippen MR) is 79.4 cm³/mol. The number of halogens is 1. The molecule has 0 radical (unpaired) electrons. The summed E-state index contributed by atoms with van der Waals surface area (Å²) in [7, 11) is 0. The topological polar surface area (TPSA) is 24.1 Å². The summed E-state index contributed by atoms with van der Waals surface area (Å²) in [6.45, 7) is 8.51. The lowest BCUT2D eigenvalue weighted by molar-refractivity contribution is 0.221. The van der Waals surface area contributed by atoms with E-state index < -0.39 is 5.67 Å². The smallest absolute Gasteiger partial charge is 0.130 e. The van der Waals surface area contributed by atoms with Crippen LogP contribution in [-0.4, -0.2) is 19.6 Å². The first-order valence-corrected chi connectivity index (χ1v) is 7.21. The molecule has 2 N–H and O–H groups in total. The number of hydrogen-bond acceptors (Lipinski definition) is 2. The summed E-state index contributed by atoms with van der Waals surface area (Å²) in [6.07, 6.45) is 2.48. The maximum atomic E-state index is 13.9. The SMILES string of the molecule is Cc1cc(C(C)(C)F)ccc1NCC1CCNCC1. The molecule has 1 aliphatic heterocycles. The highest BCUT2D eigenvalue weighted by Gasteiger charge is 2.19. The number of piperidine rings is 1. The Balaban J connectivity index is 1.97. The van der Waals surface area contributed by atoms with Gasteiger partial charge in [0.25, 0.3) is 0 Å². The molecule has 1 heterocycles. The van der Waals surface area contributed by atoms with E-state index in [0.717, 1.165) is 42.4 Å². The molecule has 1 saturated heterocycles. The molecule has 0 aromatic heterocycles. The predicted octanol–water partition coefficient (Wildman–Crippen LogP) is 3.61. The summed E-state index contributed by atoms with van der Waals surface area (Å²) < 4.78 is 13.9. The molecule has 0 amide bonds. The van der Waals surface area contributed by atoms with Crippen LogP contribution in [0.15, 0.2) is 18.2 Å². The van der Waals surface area contributed by atoms with Crippen LogP contribution in [-0.2, 0) is 5.67 Å². The summed E-state index contributed by atoms with van der Waals surface area (Å²) in [6, 6.07) is 5.84. The zero-order valence-corrected chi connectivity index (χ0v) is 12.2. The fourth-order valence-electron chi connectivity index (χ4n) is 2.57. The zero-order chi connectivity index (χ0) is 13.9. The molecule has 1 aromatic carbocycles. The molecule has 106 valence electrons. The minimum atomic E-state index is -1.27. The number of aryl methyl sites for hydroxylation is 1. The van der Waals surface area contributed by atoms with Crippen LogP contribution in [0.2, 0.25) is 0 Å². The molecule has 2 nitrogen and oxygen atoms in total. The first kappa shape index (κ1) is 14.3. The Morgan fingerprint density at radius 1 is 1.32 bits per heavy atom. The van der Waals surface area contributed by atoms with Crippen LogP contribution >= 0.6 is 0 Å². The van der Waals surface area contributed by atoms with Gasteiger partial charge in [-0.2, -0.15) is 0 Å². The minimum Gasteiger partial charge on any atom is -0.385 e. The van der Waals surface area contributed by atoms with Gasteiger partial charge < -0.3 is 10.6 Å². The van der Waals surface area contributed by atoms with Gasteiger partial charge in [0.2, 0.25) is 0 Å². The van der Waals surface area contributed by atoms with Crippen LogP contribution in [0.25, 0.3) is 0 Å². The Bertz CT molecular complexity index is 417. The van der Waals surface area contributed by atoms with E-state index in [0.29, 0.717) is 0 Å². The van der Waals surface area contributed by atoms with Gasteiger partial charge in [0, 0.05) is 12.2 Å². The van der Waals surface area contributed by atoms with Crippen molar-refractivity contribution in [3.8, 4) is 0 Å². The van der Waals surface area contributed by atoms with Crippen molar-refractivity contribution in [1.29, 1.82) is 0 Å². The zero-order valence-electron chi connectivity index (χ0n) is 12.2. The molecule has 3 heteroatoms. The van der Waals surface area contributed by atoms with Crippen molar-refractivity contribution in [1.82, 2.24) is 5.32 Å². The van der Waals surface area contributed by atoms with E-state index in [4.69, 9.17) is 0 Å². The highest BCUT2D eigenvalue weighted by atomic mass is 19.1. The average Bonchev–Trinajstić information content (AvgIpc) is 2.37. The molecule has 0 unspecified atom stereocenters. The lowest BCUT2D eigenvalue weighted by atomic mass is 9.96. The maximum absolute atomic E-state index is 13.9. The number of benzene rings is 1. The summed E-state index contributed by atoms with van der Waals surface area (Å²) in [4.78, 5) is 0. The Kier molecular flexibility index (Phi) is 4.46. The van der Waals surface area contributed by atoms with Gasteiger partial charge in [0.15, 0.2) is 0 Å². The van der Waals surface area contributed by atoms with Crippen LogP contribution in [0.5, 0.6) is 0 Å². The highest BCUT2D eigenvalue weighted by molar-refractivity contribution is 5.52. The Morgan fingerprint density at radius 3 is 2.58 bits per heavy atom. The van der Waals surface area contributed by atoms with Crippen molar-refractivity contribution < 1.29 is 4.39 Å². The van der Waals surface area contributed by atoms with E-state index in [9.17, 15) is 4.39 Å². The van der Waals surface area contributed by atoms with Crippen LogP contribution in [0, 0.1) is 12.8 Å². The largest absolute Gasteiger partial charge is 0.385 e. The Hall–Kier alpha value is -1.09. The standard InChI is InChI=1S/C16H25FN2/c1-12-10-14(16(2,3)17)4-5-15(12)19-11-13-6-8-18-9-7-13/h4-5,10,13,18-19H,6-9,11H2,1-3H3. The second-order valence-electron chi connectivity index (χ2n) is 6.08. The molecular weight excluding hydrogens is 239 g/mol. The van der Waals surface area contributed by atoms with E-state index in [1.54, 1.807) is 13.8 Å². The number of anilines is 1. The minimum absolute atomic E-state index is 0.748. The molecule has 2 rings (SSSR count). The monoisotopic (exact) mass is 264 g/mol. The van der Waals surface area contributed by atoms with E-state index in [1.807, 2.05) is 25.1 Å². The molecule has 0 saturated carbocycles. The van der Waals surface area contributed by atoms with E-state index >= 15 is 0 Å². The third kappa shape index (κ3) is 3.93. The van der Waals surface area contributed by atoms with Crippen molar-refractivity contribution in [2.45, 2.75) is 39.3 Å². The lowest BCUT2D eigenvalue weighted by Gasteiger charge is -2.24. The van der Waals surface area contributed by atoms with Crippen LogP contribution < -0.4 is 10.6 Å². The molecule has 1 fully saturated rings. The number of nitrogens with one attached hydrogen (secondary N) is 2. The van der Waals surface area contributed by atoms with Crippen molar-refractivity contribution >= 4 is 5.69 Å². The van der Waals surface area contributed by atoms with Crippen LogP contribution in [0.1, 0.15) is 37.8 Å². The van der Waals surface area contributed by atoms with Gasteiger partial charge in [-0.25, -0.2) is 4.39 Å². The average molecular weight is 264 g/mol. The quantitative estimate of drug-likeness (QED) is 0.868. The van der Waals surface area contributed by atoms with Crippen molar-refractivity contribution in [2.75, 3.05) is 25.0 Å². The first-order chi connectivity index (χ1) is 8.97. The third-order valence-corrected chi connectivity index (χ3v) is 3.95. The van der Waals surface area contributed by atoms with Crippen LogP contribution in [0.3, 0.4) is 0 Å². The van der Waals surface area contributed by atoms with E-state index in [-0.39, 0.29) is 0 Å². The third-order valence-electron chi connectivity index (χ3n) is 3.95. The van der Waals surface area contributed by atoms with Gasteiger partial charge in [0.05, 0.1) is 0 Å². The molecule has 0 aliphatic carbocycles. The molecule has 1 aromatic rings. The van der Waals surface area contributed by atoms with Crippen molar-refractivity contribution in [2.24, 2.45) is 5.92 Å². The molecule has 0 bridgehead atoms. The molecule has 19 heavy (non-hydrogen) atoms. The lowest BCUT2D eigenvalue weighted by Crippen LogP contribution is -2.31. The first-order valence-electron chi connectivity index (χ1n) is 7.21. The summed E-state index contributed by atoms with van der Waals surface area (Å²) in [5.74, 6) is 0.748. The number of hydrogen-bond donors (Lipinski definition) is 2. The van der Waals surface area contributed by atoms with E-state index in [2.05, 4.69) is 10.6 Å². The molecule has 0 spiro atoms. The maximum Gasteiger partial charge on any atom is 0.130 e. The van der Waals surface area contributed by atoms with Gasteiger partial charge in [-0.05, 0) is 69.8 Å². The second-order valence-corrected chi connectivity index (χ2v) is 6.08. The van der Waals surface area contributed by atoms with Gasteiger partial charge >= 0.3 is 0 Å². The van der Waals surface area contributed by atoms with Crippen molar-refractivity contribution in [3.05, 3.63) is 29.3 Å². The van der Waals surface area contributed by atoms with Crippen LogP contribution in [0.4, 0.5) is 10.1 Å². The Labute approximate surface area is 115 Å². The van der Waals surface area contributed by atoms with Gasteiger partial charge in [-0.1, -0.05) is 12.1 Å². The fourth-order valence-corrected chi connectivity index (χ4v) is 2.57. The van der Waals surface area contributed by atoms with Gasteiger partial charge in [-0.3, -0.25) is 0 Å². The number of alkyl halides is 1. The Morgan fingerprint density at radius 2 is 2.00 bits per heavy atom.